The molecule has 1 unspecified atom stereocenters. The molecule has 1 aromatic carbocycles. The number of halogens is 1. The number of benzene rings is 1. The molecule has 0 fully saturated rings. The largest absolute Gasteiger partial charge is 0.329 e. The van der Waals surface area contributed by atoms with Crippen molar-refractivity contribution < 1.29 is 0 Å². The fourth-order valence-electron chi connectivity index (χ4n) is 2.45. The summed E-state index contributed by atoms with van der Waals surface area (Å²) >= 11 is 5.96. The van der Waals surface area contributed by atoms with Crippen LogP contribution < -0.4 is 5.73 Å². The number of nitrogens with zero attached hydrogens (tertiary/aromatic N) is 1. The third kappa shape index (κ3) is 5.52. The van der Waals surface area contributed by atoms with Gasteiger partial charge in [-0.15, -0.1) is 0 Å². The van der Waals surface area contributed by atoms with E-state index < -0.39 is 0 Å². The topological polar surface area (TPSA) is 29.3 Å². The standard InChI is InChI=1S/C16H27ClN2/c1-12(2)10-19(11-13(3)4)16(9-18)14-5-7-15(17)8-6-14/h5-8,12-13,16H,9-11,18H2,1-4H3. The molecule has 3 heteroatoms. The van der Waals surface area contributed by atoms with Gasteiger partial charge in [0, 0.05) is 30.7 Å². The Morgan fingerprint density at radius 3 is 1.84 bits per heavy atom. The molecule has 0 saturated heterocycles. The summed E-state index contributed by atoms with van der Waals surface area (Å²) in [5, 5.41) is 0.777. The van der Waals surface area contributed by atoms with E-state index in [-0.39, 0.29) is 6.04 Å². The zero-order chi connectivity index (χ0) is 14.4. The molecule has 0 bridgehead atoms. The van der Waals surface area contributed by atoms with Crippen LogP contribution in [0, 0.1) is 11.8 Å². The van der Waals surface area contributed by atoms with E-state index in [2.05, 4.69) is 44.7 Å². The van der Waals surface area contributed by atoms with Crippen molar-refractivity contribution in [1.29, 1.82) is 0 Å². The highest BCUT2D eigenvalue weighted by Crippen LogP contribution is 2.23. The molecular formula is C16H27ClN2. The van der Waals surface area contributed by atoms with Crippen LogP contribution in [0.2, 0.25) is 5.02 Å². The average molecular weight is 283 g/mol. The van der Waals surface area contributed by atoms with Crippen molar-refractivity contribution in [1.82, 2.24) is 4.90 Å². The fraction of sp³-hybridized carbons (Fsp3) is 0.625. The normalized spacial score (nSPS) is 13.5. The van der Waals surface area contributed by atoms with Crippen LogP contribution in [0.1, 0.15) is 39.3 Å². The predicted molar refractivity (Wildman–Crippen MR) is 84.5 cm³/mol. The Morgan fingerprint density at radius 1 is 1.00 bits per heavy atom. The summed E-state index contributed by atoms with van der Waals surface area (Å²) in [6, 6.07) is 8.36. The summed E-state index contributed by atoms with van der Waals surface area (Å²) in [5.74, 6) is 1.28. The van der Waals surface area contributed by atoms with Gasteiger partial charge < -0.3 is 5.73 Å². The molecule has 0 heterocycles. The minimum Gasteiger partial charge on any atom is -0.329 e. The van der Waals surface area contributed by atoms with Gasteiger partial charge in [-0.2, -0.15) is 0 Å². The number of hydrogen-bond donors (Lipinski definition) is 1. The Morgan fingerprint density at radius 2 is 1.47 bits per heavy atom. The average Bonchev–Trinajstić information content (AvgIpc) is 2.30. The second kappa shape index (κ2) is 7.88. The molecule has 1 atom stereocenters. The summed E-state index contributed by atoms with van der Waals surface area (Å²) < 4.78 is 0. The Hall–Kier alpha value is -0.570. The second-order valence-corrected chi connectivity index (χ2v) is 6.48. The first kappa shape index (κ1) is 16.5. The van der Waals surface area contributed by atoms with E-state index in [0.717, 1.165) is 18.1 Å². The molecule has 0 aromatic heterocycles. The molecule has 2 nitrogen and oxygen atoms in total. The van der Waals surface area contributed by atoms with Crippen molar-refractivity contribution in [3.63, 3.8) is 0 Å². The molecule has 2 N–H and O–H groups in total. The molecule has 0 aliphatic rings. The second-order valence-electron chi connectivity index (χ2n) is 6.04. The first-order valence-corrected chi connectivity index (χ1v) is 7.51. The molecule has 0 amide bonds. The number of hydrogen-bond acceptors (Lipinski definition) is 2. The lowest BCUT2D eigenvalue weighted by molar-refractivity contribution is 0.160. The highest BCUT2D eigenvalue weighted by atomic mass is 35.5. The third-order valence-corrected chi connectivity index (χ3v) is 3.37. The Balaban J connectivity index is 2.91. The molecule has 0 aliphatic heterocycles. The van der Waals surface area contributed by atoms with E-state index in [9.17, 15) is 0 Å². The maximum absolute atomic E-state index is 6.02. The van der Waals surface area contributed by atoms with E-state index in [4.69, 9.17) is 17.3 Å². The van der Waals surface area contributed by atoms with Gasteiger partial charge in [-0.1, -0.05) is 51.4 Å². The van der Waals surface area contributed by atoms with Crippen LogP contribution in [0.3, 0.4) is 0 Å². The van der Waals surface area contributed by atoms with Gasteiger partial charge in [0.2, 0.25) is 0 Å². The van der Waals surface area contributed by atoms with E-state index in [1.165, 1.54) is 5.56 Å². The van der Waals surface area contributed by atoms with E-state index in [0.29, 0.717) is 18.4 Å². The number of rotatable bonds is 7. The Bertz CT molecular complexity index is 350. The van der Waals surface area contributed by atoms with Crippen molar-refractivity contribution in [3.8, 4) is 0 Å². The molecular weight excluding hydrogens is 256 g/mol. The molecule has 1 aromatic rings. The maximum Gasteiger partial charge on any atom is 0.0470 e. The lowest BCUT2D eigenvalue weighted by atomic mass is 10.0. The summed E-state index contributed by atoms with van der Waals surface area (Å²) in [7, 11) is 0. The molecule has 0 spiro atoms. The van der Waals surface area contributed by atoms with Gasteiger partial charge in [0.05, 0.1) is 0 Å². The van der Waals surface area contributed by atoms with Crippen LogP contribution in [0.5, 0.6) is 0 Å². The quantitative estimate of drug-likeness (QED) is 0.820. The molecule has 1 rings (SSSR count). The van der Waals surface area contributed by atoms with E-state index in [1.807, 2.05) is 12.1 Å². The van der Waals surface area contributed by atoms with Crippen molar-refractivity contribution in [2.45, 2.75) is 33.7 Å². The van der Waals surface area contributed by atoms with E-state index in [1.54, 1.807) is 0 Å². The summed E-state index contributed by atoms with van der Waals surface area (Å²) in [4.78, 5) is 2.50. The first-order valence-electron chi connectivity index (χ1n) is 7.13. The number of nitrogens with two attached hydrogens (primary N) is 1. The lowest BCUT2D eigenvalue weighted by Gasteiger charge is -2.34. The molecule has 0 radical (unpaired) electrons. The summed E-state index contributed by atoms with van der Waals surface area (Å²) in [5.41, 5.74) is 7.28. The molecule has 0 aliphatic carbocycles. The van der Waals surface area contributed by atoms with Gasteiger partial charge in [0.25, 0.3) is 0 Å². The van der Waals surface area contributed by atoms with Crippen molar-refractivity contribution >= 4 is 11.6 Å². The van der Waals surface area contributed by atoms with Crippen LogP contribution in [0.15, 0.2) is 24.3 Å². The zero-order valence-corrected chi connectivity index (χ0v) is 13.3. The molecule has 108 valence electrons. The smallest absolute Gasteiger partial charge is 0.0470 e. The van der Waals surface area contributed by atoms with Gasteiger partial charge >= 0.3 is 0 Å². The van der Waals surface area contributed by atoms with Gasteiger partial charge in [0.15, 0.2) is 0 Å². The van der Waals surface area contributed by atoms with Crippen LogP contribution in [-0.4, -0.2) is 24.5 Å². The summed E-state index contributed by atoms with van der Waals surface area (Å²) in [6.07, 6.45) is 0. The SMILES string of the molecule is CC(C)CN(CC(C)C)C(CN)c1ccc(Cl)cc1. The van der Waals surface area contributed by atoms with E-state index >= 15 is 0 Å². The molecule has 0 saturated carbocycles. The summed E-state index contributed by atoms with van der Waals surface area (Å²) in [6.45, 7) is 11.8. The first-order chi connectivity index (χ1) is 8.93. The van der Waals surface area contributed by atoms with Crippen molar-refractivity contribution in [2.75, 3.05) is 19.6 Å². The van der Waals surface area contributed by atoms with Crippen molar-refractivity contribution in [2.24, 2.45) is 17.6 Å². The van der Waals surface area contributed by atoms with Gasteiger partial charge in [0.1, 0.15) is 0 Å². The van der Waals surface area contributed by atoms with Crippen LogP contribution in [0.25, 0.3) is 0 Å². The monoisotopic (exact) mass is 282 g/mol. The third-order valence-electron chi connectivity index (χ3n) is 3.12. The minimum atomic E-state index is 0.280. The maximum atomic E-state index is 6.02. The fourth-order valence-corrected chi connectivity index (χ4v) is 2.57. The minimum absolute atomic E-state index is 0.280. The molecule has 19 heavy (non-hydrogen) atoms. The Kier molecular flexibility index (Phi) is 6.84. The van der Waals surface area contributed by atoms with Gasteiger partial charge in [-0.05, 0) is 29.5 Å². The highest BCUT2D eigenvalue weighted by molar-refractivity contribution is 6.30. The lowest BCUT2D eigenvalue weighted by Crippen LogP contribution is -2.38. The Labute approximate surface area is 122 Å². The van der Waals surface area contributed by atoms with Crippen molar-refractivity contribution in [3.05, 3.63) is 34.9 Å². The zero-order valence-electron chi connectivity index (χ0n) is 12.6. The highest BCUT2D eigenvalue weighted by Gasteiger charge is 2.20. The van der Waals surface area contributed by atoms with Gasteiger partial charge in [-0.25, -0.2) is 0 Å². The van der Waals surface area contributed by atoms with Crippen LogP contribution >= 0.6 is 11.6 Å². The van der Waals surface area contributed by atoms with Gasteiger partial charge in [-0.3, -0.25) is 4.90 Å². The van der Waals surface area contributed by atoms with Crippen LogP contribution in [-0.2, 0) is 0 Å². The van der Waals surface area contributed by atoms with Crippen LogP contribution in [0.4, 0.5) is 0 Å². The predicted octanol–water partition coefficient (Wildman–Crippen LogP) is 3.95.